The van der Waals surface area contributed by atoms with Gasteiger partial charge >= 0.3 is 11.9 Å². The minimum Gasteiger partial charge on any atom is -0.468 e. The van der Waals surface area contributed by atoms with Crippen LogP contribution >= 0.6 is 0 Å². The van der Waals surface area contributed by atoms with Crippen LogP contribution in [-0.2, 0) is 19.1 Å². The Labute approximate surface area is 186 Å². The van der Waals surface area contributed by atoms with Gasteiger partial charge in [-0.15, -0.1) is 0 Å². The first-order valence-electron chi connectivity index (χ1n) is 11.5. The molecule has 2 aliphatic carbocycles. The van der Waals surface area contributed by atoms with Crippen LogP contribution in [0, 0.1) is 30.1 Å². The molecule has 0 amide bonds. The van der Waals surface area contributed by atoms with Crippen LogP contribution in [-0.4, -0.2) is 59.9 Å². The molecule has 0 aromatic rings. The molecule has 1 aliphatic heterocycles. The van der Waals surface area contributed by atoms with Crippen molar-refractivity contribution in [2.24, 2.45) is 23.7 Å². The van der Waals surface area contributed by atoms with Crippen LogP contribution < -0.4 is 0 Å². The number of fused-ring (bicyclic) bond motifs is 1. The van der Waals surface area contributed by atoms with Gasteiger partial charge in [0.1, 0.15) is 12.1 Å². The number of carbonyl (C=O) groups is 2. The van der Waals surface area contributed by atoms with E-state index >= 15 is 0 Å². The van der Waals surface area contributed by atoms with Crippen molar-refractivity contribution in [3.63, 3.8) is 0 Å². The summed E-state index contributed by atoms with van der Waals surface area (Å²) >= 11 is 0. The highest BCUT2D eigenvalue weighted by Crippen LogP contribution is 2.51. The molecule has 0 spiro atoms. The third-order valence-electron chi connectivity index (χ3n) is 7.68. The molecule has 1 radical (unpaired) electrons. The van der Waals surface area contributed by atoms with E-state index in [1.54, 1.807) is 0 Å². The van der Waals surface area contributed by atoms with Crippen molar-refractivity contribution in [3.8, 4) is 0 Å². The summed E-state index contributed by atoms with van der Waals surface area (Å²) in [6.45, 7) is 11.2. The Hall–Kier alpha value is -1.66. The van der Waals surface area contributed by atoms with Crippen molar-refractivity contribution < 1.29 is 24.2 Å². The zero-order valence-corrected chi connectivity index (χ0v) is 19.8. The van der Waals surface area contributed by atoms with Crippen molar-refractivity contribution in [3.05, 3.63) is 29.7 Å². The van der Waals surface area contributed by atoms with E-state index in [9.17, 15) is 14.7 Å². The maximum Gasteiger partial charge on any atom is 0.323 e. The second-order valence-electron chi connectivity index (χ2n) is 9.89. The lowest BCUT2D eigenvalue weighted by molar-refractivity contribution is -0.150. The summed E-state index contributed by atoms with van der Waals surface area (Å²) in [6, 6.07) is -0.248. The van der Waals surface area contributed by atoms with Gasteiger partial charge < -0.3 is 14.6 Å². The third-order valence-corrected chi connectivity index (χ3v) is 7.68. The molecule has 0 aromatic carbocycles. The summed E-state index contributed by atoms with van der Waals surface area (Å²) in [5, 5.41) is 11.7. The number of ether oxygens (including phenoxy) is 2. The molecule has 7 atom stereocenters. The molecule has 31 heavy (non-hydrogen) atoms. The first-order valence-corrected chi connectivity index (χ1v) is 11.5. The first kappa shape index (κ1) is 24.0. The number of aliphatic hydroxyl groups is 1. The Morgan fingerprint density at radius 1 is 1.32 bits per heavy atom. The SMILES string of the molecule is COC(=O)[C@@H]1CC(C)=CCN1CC(C)[C@@H]1CC[C@@H](C)[C@]2(O)[CH][C@@H](OC(C)=O)C(C)=C[C@H]12. The van der Waals surface area contributed by atoms with Gasteiger partial charge in [0.05, 0.1) is 12.7 Å². The highest BCUT2D eigenvalue weighted by molar-refractivity contribution is 5.76. The summed E-state index contributed by atoms with van der Waals surface area (Å²) in [7, 11) is 1.45. The molecule has 1 saturated carbocycles. The van der Waals surface area contributed by atoms with Crippen LogP contribution in [0.15, 0.2) is 23.3 Å². The number of nitrogens with zero attached hydrogens (tertiary/aromatic N) is 1. The number of methoxy groups -OCH3 is 1. The van der Waals surface area contributed by atoms with E-state index in [-0.39, 0.29) is 41.7 Å². The third kappa shape index (κ3) is 4.90. The molecule has 0 bridgehead atoms. The molecule has 1 unspecified atom stereocenters. The van der Waals surface area contributed by atoms with Crippen LogP contribution in [0.1, 0.15) is 53.9 Å². The maximum absolute atomic E-state index is 12.4. The zero-order chi connectivity index (χ0) is 22.9. The zero-order valence-electron chi connectivity index (χ0n) is 19.8. The molecule has 1 heterocycles. The second kappa shape index (κ2) is 9.45. The Balaban J connectivity index is 1.81. The fourth-order valence-corrected chi connectivity index (χ4v) is 5.75. The van der Waals surface area contributed by atoms with E-state index in [0.29, 0.717) is 6.42 Å². The van der Waals surface area contributed by atoms with Gasteiger partial charge in [0.2, 0.25) is 0 Å². The standard InChI is InChI=1S/C25H38NO5/c1-15-9-10-26(22(11-15)24(28)30-6)14-17(3)20-8-7-18(4)25(29)13-23(31-19(5)27)16(2)12-21(20)25/h9,12-13,17-18,20-23,29H,7-8,10-11,14H2,1-6H3/t17?,18-,20+,21-,22+,23-,25-/m1/s1. The van der Waals surface area contributed by atoms with Crippen molar-refractivity contribution in [1.29, 1.82) is 0 Å². The number of hydrogen-bond donors (Lipinski definition) is 1. The first-order chi connectivity index (χ1) is 14.6. The molecule has 1 fully saturated rings. The molecule has 0 aromatic heterocycles. The lowest BCUT2D eigenvalue weighted by Gasteiger charge is -2.53. The number of hydrogen-bond acceptors (Lipinski definition) is 6. The van der Waals surface area contributed by atoms with Crippen LogP contribution in [0.4, 0.5) is 0 Å². The fourth-order valence-electron chi connectivity index (χ4n) is 5.75. The van der Waals surface area contributed by atoms with Crippen molar-refractivity contribution in [1.82, 2.24) is 4.90 Å². The summed E-state index contributed by atoms with van der Waals surface area (Å²) in [5.41, 5.74) is 1.19. The van der Waals surface area contributed by atoms with Gasteiger partial charge in [0, 0.05) is 32.4 Å². The van der Waals surface area contributed by atoms with Gasteiger partial charge in [-0.1, -0.05) is 31.6 Å². The smallest absolute Gasteiger partial charge is 0.323 e. The minimum absolute atomic E-state index is 0.0308. The van der Waals surface area contributed by atoms with Crippen molar-refractivity contribution >= 4 is 11.9 Å². The van der Waals surface area contributed by atoms with E-state index < -0.39 is 11.7 Å². The Morgan fingerprint density at radius 3 is 2.68 bits per heavy atom. The van der Waals surface area contributed by atoms with Gasteiger partial charge in [0.15, 0.2) is 0 Å². The Morgan fingerprint density at radius 2 is 2.03 bits per heavy atom. The molecule has 0 saturated heterocycles. The molecule has 3 aliphatic rings. The summed E-state index contributed by atoms with van der Waals surface area (Å²) in [5.74, 6) is 0.0938. The van der Waals surface area contributed by atoms with Crippen LogP contribution in [0.25, 0.3) is 0 Å². The lowest BCUT2D eigenvalue weighted by atomic mass is 9.57. The van der Waals surface area contributed by atoms with Gasteiger partial charge in [-0.05, 0) is 56.4 Å². The molecule has 6 nitrogen and oxygen atoms in total. The van der Waals surface area contributed by atoms with Crippen molar-refractivity contribution in [2.75, 3.05) is 20.2 Å². The number of rotatable bonds is 5. The van der Waals surface area contributed by atoms with Crippen LogP contribution in [0.3, 0.4) is 0 Å². The van der Waals surface area contributed by atoms with E-state index in [2.05, 4.69) is 37.8 Å². The van der Waals surface area contributed by atoms with Crippen molar-refractivity contribution in [2.45, 2.75) is 71.6 Å². The van der Waals surface area contributed by atoms with Gasteiger partial charge in [0.25, 0.3) is 0 Å². The Bertz CT molecular complexity index is 759. The number of esters is 2. The highest BCUT2D eigenvalue weighted by Gasteiger charge is 2.53. The molecular weight excluding hydrogens is 394 g/mol. The predicted molar refractivity (Wildman–Crippen MR) is 119 cm³/mol. The van der Waals surface area contributed by atoms with E-state index in [0.717, 1.165) is 31.5 Å². The summed E-state index contributed by atoms with van der Waals surface area (Å²) in [4.78, 5) is 26.1. The lowest BCUT2D eigenvalue weighted by Crippen LogP contribution is -2.57. The molecule has 6 heteroatoms. The van der Waals surface area contributed by atoms with E-state index in [4.69, 9.17) is 9.47 Å². The van der Waals surface area contributed by atoms with E-state index in [1.165, 1.54) is 19.6 Å². The fraction of sp³-hybridized carbons (Fsp3) is 0.720. The summed E-state index contributed by atoms with van der Waals surface area (Å²) in [6.07, 6.45) is 8.33. The minimum atomic E-state index is -1.00. The molecule has 3 rings (SSSR count). The molecule has 173 valence electrons. The molecular formula is C25H38NO5. The van der Waals surface area contributed by atoms with Gasteiger partial charge in [-0.3, -0.25) is 14.5 Å². The maximum atomic E-state index is 12.4. The highest BCUT2D eigenvalue weighted by atomic mass is 16.5. The van der Waals surface area contributed by atoms with E-state index in [1.807, 2.05) is 13.3 Å². The van der Waals surface area contributed by atoms with Gasteiger partial charge in [-0.25, -0.2) is 0 Å². The largest absolute Gasteiger partial charge is 0.468 e. The number of carbonyl (C=O) groups excluding carboxylic acids is 2. The Kier molecular flexibility index (Phi) is 7.32. The monoisotopic (exact) mass is 432 g/mol. The predicted octanol–water partition coefficient (Wildman–Crippen LogP) is 3.31. The second-order valence-corrected chi connectivity index (χ2v) is 9.89. The average Bonchev–Trinajstić information content (AvgIpc) is 2.70. The normalized spacial score (nSPS) is 37.2. The summed E-state index contributed by atoms with van der Waals surface area (Å²) < 4.78 is 10.5. The van der Waals surface area contributed by atoms with Gasteiger partial charge in [-0.2, -0.15) is 0 Å². The molecule has 1 N–H and O–H groups in total. The van der Waals surface area contributed by atoms with Crippen LogP contribution in [0.5, 0.6) is 0 Å². The average molecular weight is 433 g/mol. The quantitative estimate of drug-likeness (QED) is 0.531. The topological polar surface area (TPSA) is 76.1 Å². The van der Waals surface area contributed by atoms with Crippen LogP contribution in [0.2, 0.25) is 0 Å².